The Morgan fingerprint density at radius 2 is 1.96 bits per heavy atom. The van der Waals surface area contributed by atoms with Crippen LogP contribution in [0.1, 0.15) is 0 Å². The zero-order chi connectivity index (χ0) is 17.0. The number of benzene rings is 1. The zero-order valence-corrected chi connectivity index (χ0v) is 14.3. The molecule has 1 aromatic rings. The van der Waals surface area contributed by atoms with E-state index in [4.69, 9.17) is 5.11 Å². The smallest absolute Gasteiger partial charge is 0.284 e. The molecule has 1 heterocycles. The first kappa shape index (κ1) is 18.1. The van der Waals surface area contributed by atoms with Gasteiger partial charge in [0.1, 0.15) is 0 Å². The molecular weight excluding hydrogens is 342 g/mol. The molecule has 2 rings (SSSR count). The largest absolute Gasteiger partial charge is 0.396 e. The molecule has 0 saturated carbocycles. The SMILES string of the molecule is CN1CCN(S(=O)(=O)c2ccc(SCCO)c([N+](=O)[O-])c2)CC1. The quantitative estimate of drug-likeness (QED) is 0.450. The Kier molecular flexibility index (Phi) is 5.98. The molecule has 10 heteroatoms. The van der Waals surface area contributed by atoms with Crippen molar-refractivity contribution in [1.82, 2.24) is 9.21 Å². The Morgan fingerprint density at radius 3 is 2.52 bits per heavy atom. The number of nitro groups is 1. The Balaban J connectivity index is 2.31. The van der Waals surface area contributed by atoms with Gasteiger partial charge in [-0.15, -0.1) is 11.8 Å². The molecule has 23 heavy (non-hydrogen) atoms. The topological polar surface area (TPSA) is 104 Å². The number of likely N-dealkylation sites (N-methyl/N-ethyl adjacent to an activating group) is 1. The van der Waals surface area contributed by atoms with Crippen LogP contribution < -0.4 is 0 Å². The fourth-order valence-electron chi connectivity index (χ4n) is 2.26. The summed E-state index contributed by atoms with van der Waals surface area (Å²) < 4.78 is 26.6. The number of aliphatic hydroxyl groups excluding tert-OH is 1. The number of nitrogens with zero attached hydrogens (tertiary/aromatic N) is 3. The molecule has 128 valence electrons. The molecular formula is C13H19N3O5S2. The molecule has 1 fully saturated rings. The maximum atomic E-state index is 12.6. The summed E-state index contributed by atoms with van der Waals surface area (Å²) in [4.78, 5) is 12.9. The second-order valence-corrected chi connectivity index (χ2v) is 8.24. The van der Waals surface area contributed by atoms with Crippen molar-refractivity contribution in [1.29, 1.82) is 0 Å². The Hall–Kier alpha value is -1.20. The molecule has 8 nitrogen and oxygen atoms in total. The summed E-state index contributed by atoms with van der Waals surface area (Å²) >= 11 is 1.12. The lowest BCUT2D eigenvalue weighted by Crippen LogP contribution is -2.47. The molecule has 0 aliphatic carbocycles. The number of piperazine rings is 1. The standard InChI is InChI=1S/C13H19N3O5S2/c1-14-4-6-15(7-5-14)23(20,21)11-2-3-13(22-9-8-17)12(10-11)16(18)19/h2-3,10,17H,4-9H2,1H3. The van der Waals surface area contributed by atoms with E-state index in [9.17, 15) is 18.5 Å². The third-order valence-corrected chi connectivity index (χ3v) is 6.51. The van der Waals surface area contributed by atoms with E-state index in [2.05, 4.69) is 0 Å². The van der Waals surface area contributed by atoms with E-state index in [0.29, 0.717) is 36.8 Å². The lowest BCUT2D eigenvalue weighted by molar-refractivity contribution is -0.388. The summed E-state index contributed by atoms with van der Waals surface area (Å²) in [5.74, 6) is 0.311. The van der Waals surface area contributed by atoms with Crippen molar-refractivity contribution in [2.45, 2.75) is 9.79 Å². The molecule has 0 amide bonds. The Bertz CT molecular complexity index is 672. The highest BCUT2D eigenvalue weighted by atomic mass is 32.2. The van der Waals surface area contributed by atoms with Gasteiger partial charge in [0, 0.05) is 38.0 Å². The van der Waals surface area contributed by atoms with Crippen LogP contribution in [-0.2, 0) is 10.0 Å². The van der Waals surface area contributed by atoms with Gasteiger partial charge in [-0.3, -0.25) is 10.1 Å². The van der Waals surface area contributed by atoms with Crippen molar-refractivity contribution in [3.05, 3.63) is 28.3 Å². The molecule has 0 spiro atoms. The average Bonchev–Trinajstić information content (AvgIpc) is 2.53. The second kappa shape index (κ2) is 7.58. The number of hydrogen-bond acceptors (Lipinski definition) is 7. The van der Waals surface area contributed by atoms with Gasteiger partial charge in [0.15, 0.2) is 0 Å². The van der Waals surface area contributed by atoms with E-state index < -0.39 is 14.9 Å². The van der Waals surface area contributed by atoms with Crippen LogP contribution in [0.5, 0.6) is 0 Å². The predicted molar refractivity (Wildman–Crippen MR) is 87.2 cm³/mol. The molecule has 1 aliphatic rings. The Morgan fingerprint density at radius 1 is 1.30 bits per heavy atom. The molecule has 1 saturated heterocycles. The lowest BCUT2D eigenvalue weighted by atomic mass is 10.3. The second-order valence-electron chi connectivity index (χ2n) is 5.17. The van der Waals surface area contributed by atoms with Crippen molar-refractivity contribution >= 4 is 27.5 Å². The van der Waals surface area contributed by atoms with Gasteiger partial charge in [-0.2, -0.15) is 4.31 Å². The van der Waals surface area contributed by atoms with Crippen LogP contribution in [0.25, 0.3) is 0 Å². The van der Waals surface area contributed by atoms with Crippen LogP contribution in [-0.4, -0.2) is 73.2 Å². The molecule has 0 radical (unpaired) electrons. The summed E-state index contributed by atoms with van der Waals surface area (Å²) in [5.41, 5.74) is -0.251. The third-order valence-electron chi connectivity index (χ3n) is 3.58. The van der Waals surface area contributed by atoms with E-state index in [1.165, 1.54) is 16.4 Å². The molecule has 0 atom stereocenters. The first-order chi connectivity index (χ1) is 10.9. The minimum absolute atomic E-state index is 0.0675. The summed E-state index contributed by atoms with van der Waals surface area (Å²) in [6.45, 7) is 1.89. The lowest BCUT2D eigenvalue weighted by Gasteiger charge is -2.31. The van der Waals surface area contributed by atoms with Crippen molar-refractivity contribution < 1.29 is 18.4 Å². The first-order valence-electron chi connectivity index (χ1n) is 7.07. The van der Waals surface area contributed by atoms with Gasteiger partial charge in [0.05, 0.1) is 21.3 Å². The number of rotatable bonds is 6. The van der Waals surface area contributed by atoms with Gasteiger partial charge in [-0.25, -0.2) is 8.42 Å². The fraction of sp³-hybridized carbons (Fsp3) is 0.538. The maximum Gasteiger partial charge on any atom is 0.284 e. The first-order valence-corrected chi connectivity index (χ1v) is 9.49. The summed E-state index contributed by atoms with van der Waals surface area (Å²) in [6.07, 6.45) is 0. The number of nitro benzene ring substituents is 1. The van der Waals surface area contributed by atoms with E-state index in [1.807, 2.05) is 11.9 Å². The van der Waals surface area contributed by atoms with Crippen LogP contribution in [0, 0.1) is 10.1 Å². The summed E-state index contributed by atoms with van der Waals surface area (Å²) in [6, 6.07) is 3.93. The third kappa shape index (κ3) is 4.21. The van der Waals surface area contributed by atoms with Gasteiger partial charge in [-0.05, 0) is 19.2 Å². The van der Waals surface area contributed by atoms with Crippen LogP contribution in [0.15, 0.2) is 28.0 Å². The number of aliphatic hydroxyl groups is 1. The van der Waals surface area contributed by atoms with Crippen molar-refractivity contribution in [3.8, 4) is 0 Å². The number of sulfonamides is 1. The van der Waals surface area contributed by atoms with E-state index >= 15 is 0 Å². The van der Waals surface area contributed by atoms with Gasteiger partial charge in [-0.1, -0.05) is 0 Å². The van der Waals surface area contributed by atoms with E-state index in [-0.39, 0.29) is 17.2 Å². The highest BCUT2D eigenvalue weighted by molar-refractivity contribution is 7.99. The molecule has 0 aromatic heterocycles. The molecule has 1 N–H and O–H groups in total. The highest BCUT2D eigenvalue weighted by Crippen LogP contribution is 2.32. The van der Waals surface area contributed by atoms with Crippen LogP contribution in [0.3, 0.4) is 0 Å². The number of thioether (sulfide) groups is 1. The molecule has 1 aliphatic heterocycles. The van der Waals surface area contributed by atoms with Crippen molar-refractivity contribution in [2.24, 2.45) is 0 Å². The van der Waals surface area contributed by atoms with E-state index in [1.54, 1.807) is 0 Å². The summed E-state index contributed by atoms with van der Waals surface area (Å²) in [5, 5.41) is 20.0. The molecule has 1 aromatic carbocycles. The zero-order valence-electron chi connectivity index (χ0n) is 12.7. The van der Waals surface area contributed by atoms with Gasteiger partial charge in [0.25, 0.3) is 5.69 Å². The Labute approximate surface area is 139 Å². The van der Waals surface area contributed by atoms with Crippen LogP contribution in [0.2, 0.25) is 0 Å². The molecule has 0 bridgehead atoms. The van der Waals surface area contributed by atoms with E-state index in [0.717, 1.165) is 17.8 Å². The minimum Gasteiger partial charge on any atom is -0.396 e. The fourth-order valence-corrected chi connectivity index (χ4v) is 4.46. The average molecular weight is 361 g/mol. The van der Waals surface area contributed by atoms with Gasteiger partial charge < -0.3 is 10.0 Å². The maximum absolute atomic E-state index is 12.6. The number of hydrogen-bond donors (Lipinski definition) is 1. The normalized spacial score (nSPS) is 17.3. The van der Waals surface area contributed by atoms with Gasteiger partial charge >= 0.3 is 0 Å². The minimum atomic E-state index is -3.74. The van der Waals surface area contributed by atoms with Crippen LogP contribution >= 0.6 is 11.8 Å². The monoisotopic (exact) mass is 361 g/mol. The molecule has 0 unspecified atom stereocenters. The predicted octanol–water partition coefficient (Wildman–Crippen LogP) is 0.615. The van der Waals surface area contributed by atoms with Crippen molar-refractivity contribution in [3.63, 3.8) is 0 Å². The van der Waals surface area contributed by atoms with Crippen molar-refractivity contribution in [2.75, 3.05) is 45.6 Å². The highest BCUT2D eigenvalue weighted by Gasteiger charge is 2.29. The van der Waals surface area contributed by atoms with Crippen LogP contribution in [0.4, 0.5) is 5.69 Å². The summed E-state index contributed by atoms with van der Waals surface area (Å²) in [7, 11) is -1.82. The van der Waals surface area contributed by atoms with Gasteiger partial charge in [0.2, 0.25) is 10.0 Å².